The van der Waals surface area contributed by atoms with Crippen LogP contribution in [0.25, 0.3) is 0 Å². The first-order valence-corrected chi connectivity index (χ1v) is 11.5. The van der Waals surface area contributed by atoms with Crippen LogP contribution in [0.5, 0.6) is 0 Å². The Hall–Kier alpha value is -2.67. The minimum atomic E-state index is -1.08. The van der Waals surface area contributed by atoms with Crippen LogP contribution < -0.4 is 10.6 Å². The number of nitrogens with zero attached hydrogens (tertiary/aromatic N) is 1. The van der Waals surface area contributed by atoms with Crippen molar-refractivity contribution in [1.29, 1.82) is 0 Å². The Morgan fingerprint density at radius 1 is 1.03 bits per heavy atom. The first-order valence-electron chi connectivity index (χ1n) is 10.4. The van der Waals surface area contributed by atoms with Crippen molar-refractivity contribution in [2.24, 2.45) is 0 Å². The van der Waals surface area contributed by atoms with E-state index < -0.39 is 35.6 Å². The molecule has 0 saturated carbocycles. The van der Waals surface area contributed by atoms with Crippen molar-refractivity contribution >= 4 is 51.2 Å². The molecule has 0 aromatic heterocycles. The number of hydrogen-bond donors (Lipinski definition) is 2. The smallest absolute Gasteiger partial charge is 0.264 e. The topological polar surface area (TPSA) is 140 Å². The van der Waals surface area contributed by atoms with Gasteiger partial charge < -0.3 is 19.5 Å². The molecule has 1 fully saturated rings. The number of benzene rings is 1. The molecule has 1 unspecified atom stereocenters. The molecule has 1 saturated heterocycles. The van der Waals surface area contributed by atoms with Crippen LogP contribution >= 0.6 is 15.9 Å². The second-order valence-corrected chi connectivity index (χ2v) is 7.98. The maximum atomic E-state index is 13.0. The number of ether oxygens (including phenoxy) is 3. The summed E-state index contributed by atoms with van der Waals surface area (Å²) in [5.74, 6) is -3.00. The molecule has 0 bridgehead atoms. The summed E-state index contributed by atoms with van der Waals surface area (Å²) in [5.41, 5.74) is 0.237. The Bertz CT molecular complexity index is 938. The van der Waals surface area contributed by atoms with Gasteiger partial charge >= 0.3 is 0 Å². The van der Waals surface area contributed by atoms with E-state index in [-0.39, 0.29) is 42.9 Å². The molecule has 1 atom stereocenters. The molecule has 2 aliphatic rings. The first-order chi connectivity index (χ1) is 15.9. The van der Waals surface area contributed by atoms with E-state index in [1.165, 1.54) is 18.2 Å². The van der Waals surface area contributed by atoms with Gasteiger partial charge in [-0.2, -0.15) is 0 Å². The number of halogens is 1. The summed E-state index contributed by atoms with van der Waals surface area (Å²) < 4.78 is 15.8. The van der Waals surface area contributed by atoms with Crippen LogP contribution in [-0.2, 0) is 28.6 Å². The molecule has 12 heteroatoms. The molecule has 11 nitrogen and oxygen atoms in total. The molecular formula is C21H24BrN3O8. The van der Waals surface area contributed by atoms with E-state index in [9.17, 15) is 24.0 Å². The van der Waals surface area contributed by atoms with Gasteiger partial charge in [-0.3, -0.25) is 34.2 Å². The minimum Gasteiger partial charge on any atom is -0.378 e. The summed E-state index contributed by atoms with van der Waals surface area (Å²) in [6.45, 7) is 1.69. The molecule has 0 spiro atoms. The summed E-state index contributed by atoms with van der Waals surface area (Å²) in [7, 11) is 0. The second-order valence-electron chi connectivity index (χ2n) is 7.19. The Labute approximate surface area is 198 Å². The van der Waals surface area contributed by atoms with Crippen LogP contribution in [0, 0.1) is 0 Å². The van der Waals surface area contributed by atoms with Gasteiger partial charge in [-0.1, -0.05) is 22.0 Å². The lowest BCUT2D eigenvalue weighted by Gasteiger charge is -2.27. The SMILES string of the molecule is O=C1CCC(N2C(=O)c3cccc(NC(=O)COCCOCCOCCBr)c3C2=O)C(=O)N1. The van der Waals surface area contributed by atoms with E-state index in [4.69, 9.17) is 14.2 Å². The lowest BCUT2D eigenvalue weighted by molar-refractivity contribution is -0.136. The Balaban J connectivity index is 1.52. The number of carbonyl (C=O) groups excluding carboxylic acids is 5. The lowest BCUT2D eigenvalue weighted by Crippen LogP contribution is -2.54. The number of imide groups is 2. The maximum Gasteiger partial charge on any atom is 0.264 e. The largest absolute Gasteiger partial charge is 0.378 e. The number of nitrogens with one attached hydrogen (secondary N) is 2. The number of anilines is 1. The summed E-state index contributed by atoms with van der Waals surface area (Å²) in [6.07, 6.45) is 0.0781. The number of hydrogen-bond acceptors (Lipinski definition) is 8. The molecule has 2 aliphatic heterocycles. The van der Waals surface area contributed by atoms with E-state index in [1.807, 2.05) is 0 Å². The summed E-state index contributed by atoms with van der Waals surface area (Å²) in [5, 5.41) is 5.47. The van der Waals surface area contributed by atoms with Crippen LogP contribution in [0.2, 0.25) is 0 Å². The van der Waals surface area contributed by atoms with Gasteiger partial charge in [-0.05, 0) is 18.6 Å². The average Bonchev–Trinajstić information content (AvgIpc) is 3.04. The molecule has 0 radical (unpaired) electrons. The van der Waals surface area contributed by atoms with Gasteiger partial charge in [-0.25, -0.2) is 0 Å². The van der Waals surface area contributed by atoms with Gasteiger partial charge in [0.05, 0.1) is 49.8 Å². The predicted octanol–water partition coefficient (Wildman–Crippen LogP) is 0.471. The van der Waals surface area contributed by atoms with Crippen LogP contribution in [0.15, 0.2) is 18.2 Å². The Morgan fingerprint density at radius 2 is 1.73 bits per heavy atom. The standard InChI is InChI=1S/C21H24BrN3O8/c22-6-7-31-8-9-32-10-11-33-12-17(27)23-14-3-1-2-13-18(14)21(30)25(20(13)29)15-4-5-16(26)24-19(15)28/h1-3,15H,4-12H2,(H,23,27)(H,24,26,28). The molecule has 3 rings (SSSR count). The molecule has 1 aromatic rings. The third kappa shape index (κ3) is 6.22. The Kier molecular flexibility index (Phi) is 9.06. The normalized spacial score (nSPS) is 17.8. The minimum absolute atomic E-state index is 0.00682. The average molecular weight is 526 g/mol. The highest BCUT2D eigenvalue weighted by molar-refractivity contribution is 9.09. The van der Waals surface area contributed by atoms with Crippen LogP contribution in [0.3, 0.4) is 0 Å². The molecular weight excluding hydrogens is 502 g/mol. The van der Waals surface area contributed by atoms with E-state index in [0.29, 0.717) is 26.4 Å². The van der Waals surface area contributed by atoms with Gasteiger partial charge in [0.1, 0.15) is 12.6 Å². The van der Waals surface area contributed by atoms with Gasteiger partial charge in [-0.15, -0.1) is 0 Å². The van der Waals surface area contributed by atoms with Crippen molar-refractivity contribution in [3.05, 3.63) is 29.3 Å². The number of piperidine rings is 1. The van der Waals surface area contributed by atoms with Gasteiger partial charge in [0.25, 0.3) is 11.8 Å². The molecule has 2 heterocycles. The summed E-state index contributed by atoms with van der Waals surface area (Å²) >= 11 is 3.25. The monoisotopic (exact) mass is 525 g/mol. The summed E-state index contributed by atoms with van der Waals surface area (Å²) in [4.78, 5) is 62.5. The van der Waals surface area contributed by atoms with Crippen molar-refractivity contribution in [1.82, 2.24) is 10.2 Å². The zero-order valence-corrected chi connectivity index (χ0v) is 19.4. The zero-order valence-electron chi connectivity index (χ0n) is 17.8. The van der Waals surface area contributed by atoms with Crippen LogP contribution in [0.4, 0.5) is 5.69 Å². The highest BCUT2D eigenvalue weighted by atomic mass is 79.9. The van der Waals surface area contributed by atoms with Gasteiger partial charge in [0.15, 0.2) is 0 Å². The fourth-order valence-electron chi connectivity index (χ4n) is 3.46. The molecule has 5 amide bonds. The van der Waals surface area contributed by atoms with Gasteiger partial charge in [0, 0.05) is 11.8 Å². The van der Waals surface area contributed by atoms with E-state index in [2.05, 4.69) is 26.6 Å². The van der Waals surface area contributed by atoms with E-state index >= 15 is 0 Å². The number of rotatable bonds is 12. The highest BCUT2D eigenvalue weighted by Crippen LogP contribution is 2.32. The van der Waals surface area contributed by atoms with E-state index in [1.54, 1.807) is 0 Å². The second kappa shape index (κ2) is 12.0. The van der Waals surface area contributed by atoms with Crippen molar-refractivity contribution in [2.45, 2.75) is 18.9 Å². The Morgan fingerprint density at radius 3 is 2.42 bits per heavy atom. The predicted molar refractivity (Wildman–Crippen MR) is 118 cm³/mol. The first kappa shape index (κ1) is 25.0. The maximum absolute atomic E-state index is 13.0. The van der Waals surface area contributed by atoms with Crippen molar-refractivity contribution in [2.75, 3.05) is 50.3 Å². The zero-order chi connectivity index (χ0) is 23.8. The van der Waals surface area contributed by atoms with Gasteiger partial charge in [0.2, 0.25) is 17.7 Å². The number of amides is 5. The third-order valence-electron chi connectivity index (χ3n) is 4.94. The number of fused-ring (bicyclic) bond motifs is 1. The molecule has 2 N–H and O–H groups in total. The molecule has 178 valence electrons. The number of carbonyl (C=O) groups is 5. The molecule has 1 aromatic carbocycles. The van der Waals surface area contributed by atoms with Crippen LogP contribution in [0.1, 0.15) is 33.6 Å². The van der Waals surface area contributed by atoms with E-state index in [0.717, 1.165) is 10.2 Å². The van der Waals surface area contributed by atoms with Crippen molar-refractivity contribution < 1.29 is 38.2 Å². The quantitative estimate of drug-likeness (QED) is 0.228. The highest BCUT2D eigenvalue weighted by Gasteiger charge is 2.45. The summed E-state index contributed by atoms with van der Waals surface area (Å²) in [6, 6.07) is 3.39. The fourth-order valence-corrected chi connectivity index (χ4v) is 3.69. The molecule has 33 heavy (non-hydrogen) atoms. The number of alkyl halides is 1. The fraction of sp³-hybridized carbons (Fsp3) is 0.476. The third-order valence-corrected chi connectivity index (χ3v) is 5.26. The van der Waals surface area contributed by atoms with Crippen molar-refractivity contribution in [3.63, 3.8) is 0 Å². The van der Waals surface area contributed by atoms with Crippen LogP contribution in [-0.4, -0.2) is 85.4 Å². The molecule has 0 aliphatic carbocycles. The van der Waals surface area contributed by atoms with Crippen molar-refractivity contribution in [3.8, 4) is 0 Å². The lowest BCUT2D eigenvalue weighted by atomic mass is 10.0.